The summed E-state index contributed by atoms with van der Waals surface area (Å²) in [4.78, 5) is 35.5. The number of ether oxygens (including phenoxy) is 2. The number of hydrogen-bond donors (Lipinski definition) is 6. The maximum absolute atomic E-state index is 12.7. The quantitative estimate of drug-likeness (QED) is 0.0166. The van der Waals surface area contributed by atoms with E-state index in [4.69, 9.17) is 18.5 Å². The third kappa shape index (κ3) is 24.3. The summed E-state index contributed by atoms with van der Waals surface area (Å²) in [5.41, 5.74) is 0. The Balaban J connectivity index is 2.49. The highest BCUT2D eigenvalue weighted by atomic mass is 31.2. The highest BCUT2D eigenvalue weighted by Gasteiger charge is 2.51. The predicted octanol–water partition coefficient (Wildman–Crippen LogP) is 7.11. The van der Waals surface area contributed by atoms with E-state index in [2.05, 4.69) is 26.0 Å². The Morgan fingerprint density at radius 1 is 0.556 bits per heavy atom. The Kier molecular flexibility index (Phi) is 29.7. The number of aliphatic hydroxyl groups is 5. The molecule has 0 aromatic rings. The molecule has 13 nitrogen and oxygen atoms in total. The standard InChI is InChI=1S/C40H75O13P/c1-3-5-7-9-11-13-15-16-17-18-19-21-22-24-26-28-33(41)50-30-32(52-34(42)29-27-25-23-20-14-12-10-8-6-4-2)31-51-54(48,49)53-40-38(46)36(44)35(43)37(45)39(40)47/h16-17,32,35-40,43-47H,3-15,18-31H2,1-2H3,(H,48,49)/b17-16-/t32-,35?,36-,37?,38?,39?,40?/m1/s1. The van der Waals surface area contributed by atoms with E-state index in [1.54, 1.807) is 0 Å². The van der Waals surface area contributed by atoms with Gasteiger partial charge in [-0.15, -0.1) is 0 Å². The van der Waals surface area contributed by atoms with Gasteiger partial charge in [0.25, 0.3) is 0 Å². The van der Waals surface area contributed by atoms with Crippen molar-refractivity contribution in [2.24, 2.45) is 0 Å². The first-order valence-corrected chi connectivity index (χ1v) is 22.5. The van der Waals surface area contributed by atoms with Gasteiger partial charge in [-0.25, -0.2) is 4.57 Å². The summed E-state index contributed by atoms with van der Waals surface area (Å²) in [5.74, 6) is -1.11. The lowest BCUT2D eigenvalue weighted by Crippen LogP contribution is -2.64. The number of hydrogen-bond acceptors (Lipinski definition) is 12. The molecule has 1 saturated carbocycles. The van der Waals surface area contributed by atoms with Crippen molar-refractivity contribution in [1.29, 1.82) is 0 Å². The van der Waals surface area contributed by atoms with Crippen molar-refractivity contribution in [3.05, 3.63) is 12.2 Å². The molecular weight excluding hydrogens is 719 g/mol. The Hall–Kier alpha value is -1.41. The predicted molar refractivity (Wildman–Crippen MR) is 207 cm³/mol. The molecule has 0 aromatic carbocycles. The van der Waals surface area contributed by atoms with Gasteiger partial charge in [-0.1, -0.05) is 135 Å². The van der Waals surface area contributed by atoms with Crippen LogP contribution in [0.25, 0.3) is 0 Å². The molecule has 54 heavy (non-hydrogen) atoms. The first-order chi connectivity index (χ1) is 25.9. The van der Waals surface area contributed by atoms with Crippen LogP contribution in [0.3, 0.4) is 0 Å². The average molecular weight is 795 g/mol. The molecule has 1 aliphatic carbocycles. The van der Waals surface area contributed by atoms with Gasteiger partial charge in [0.05, 0.1) is 6.61 Å². The zero-order valence-electron chi connectivity index (χ0n) is 33.3. The second kappa shape index (κ2) is 31.6. The van der Waals surface area contributed by atoms with Gasteiger partial charge in [-0.2, -0.15) is 0 Å². The van der Waals surface area contributed by atoms with Crippen LogP contribution < -0.4 is 0 Å². The van der Waals surface area contributed by atoms with Gasteiger partial charge in [-0.05, 0) is 38.5 Å². The topological polar surface area (TPSA) is 210 Å². The Morgan fingerprint density at radius 2 is 0.944 bits per heavy atom. The van der Waals surface area contributed by atoms with Crippen LogP contribution in [0.4, 0.5) is 0 Å². The van der Waals surface area contributed by atoms with Crippen molar-refractivity contribution in [2.75, 3.05) is 13.2 Å². The van der Waals surface area contributed by atoms with Gasteiger partial charge >= 0.3 is 19.8 Å². The lowest BCUT2D eigenvalue weighted by Gasteiger charge is -2.41. The Bertz CT molecular complexity index is 1010. The average Bonchev–Trinajstić information content (AvgIpc) is 3.15. The van der Waals surface area contributed by atoms with Crippen LogP contribution >= 0.6 is 7.82 Å². The molecule has 0 saturated heterocycles. The zero-order valence-corrected chi connectivity index (χ0v) is 34.2. The van der Waals surface area contributed by atoms with E-state index in [9.17, 15) is 44.6 Å². The fraction of sp³-hybridized carbons (Fsp3) is 0.900. The van der Waals surface area contributed by atoms with Crippen molar-refractivity contribution in [1.82, 2.24) is 0 Å². The van der Waals surface area contributed by atoms with Gasteiger partial charge in [0.15, 0.2) is 6.10 Å². The minimum atomic E-state index is -5.11. The number of phosphoric acid groups is 1. The molecule has 0 bridgehead atoms. The zero-order chi connectivity index (χ0) is 40.0. The molecule has 318 valence electrons. The largest absolute Gasteiger partial charge is 0.472 e. The number of aliphatic hydroxyl groups excluding tert-OH is 5. The van der Waals surface area contributed by atoms with Crippen molar-refractivity contribution in [3.8, 4) is 0 Å². The van der Waals surface area contributed by atoms with Crippen LogP contribution in [-0.4, -0.2) is 98.3 Å². The van der Waals surface area contributed by atoms with E-state index in [-0.39, 0.29) is 12.8 Å². The van der Waals surface area contributed by atoms with E-state index >= 15 is 0 Å². The second-order valence-corrected chi connectivity index (χ2v) is 16.3. The lowest BCUT2D eigenvalue weighted by atomic mass is 9.85. The van der Waals surface area contributed by atoms with Crippen LogP contribution in [0.1, 0.15) is 174 Å². The van der Waals surface area contributed by atoms with Crippen LogP contribution in [-0.2, 0) is 32.7 Å². The monoisotopic (exact) mass is 794 g/mol. The highest BCUT2D eigenvalue weighted by molar-refractivity contribution is 7.47. The summed E-state index contributed by atoms with van der Waals surface area (Å²) >= 11 is 0. The van der Waals surface area contributed by atoms with Gasteiger partial charge < -0.3 is 39.9 Å². The maximum atomic E-state index is 12.7. The number of phosphoric ester groups is 1. The van der Waals surface area contributed by atoms with E-state index in [1.807, 2.05) is 0 Å². The van der Waals surface area contributed by atoms with Crippen LogP contribution in [0.5, 0.6) is 0 Å². The fourth-order valence-electron chi connectivity index (χ4n) is 6.40. The van der Waals surface area contributed by atoms with Crippen molar-refractivity contribution in [3.63, 3.8) is 0 Å². The third-order valence-electron chi connectivity index (χ3n) is 9.86. The minimum Gasteiger partial charge on any atom is -0.462 e. The summed E-state index contributed by atoms with van der Waals surface area (Å²) in [5, 5.41) is 50.0. The fourth-order valence-corrected chi connectivity index (χ4v) is 7.37. The number of rotatable bonds is 34. The number of carbonyl (C=O) groups excluding carboxylic acids is 2. The summed E-state index contributed by atoms with van der Waals surface area (Å²) in [6.07, 6.45) is 17.1. The molecule has 14 heteroatoms. The first-order valence-electron chi connectivity index (χ1n) is 21.0. The lowest BCUT2D eigenvalue weighted by molar-refractivity contribution is -0.220. The Morgan fingerprint density at radius 3 is 1.41 bits per heavy atom. The summed E-state index contributed by atoms with van der Waals surface area (Å²) in [7, 11) is -5.11. The normalized spacial score (nSPS) is 23.3. The van der Waals surface area contributed by atoms with E-state index in [1.165, 1.54) is 70.6 Å². The van der Waals surface area contributed by atoms with Crippen molar-refractivity contribution < 1.29 is 63.1 Å². The number of carbonyl (C=O) groups is 2. The minimum absolute atomic E-state index is 0.0989. The molecule has 0 aromatic heterocycles. The molecule has 1 rings (SSSR count). The van der Waals surface area contributed by atoms with Gasteiger partial charge in [0.2, 0.25) is 0 Å². The molecule has 0 radical (unpaired) electrons. The highest BCUT2D eigenvalue weighted by Crippen LogP contribution is 2.47. The molecule has 6 unspecified atom stereocenters. The molecule has 1 aliphatic rings. The van der Waals surface area contributed by atoms with Gasteiger partial charge in [-0.3, -0.25) is 18.6 Å². The smallest absolute Gasteiger partial charge is 0.462 e. The molecule has 0 aliphatic heterocycles. The molecular formula is C40H75O13P. The van der Waals surface area contributed by atoms with Gasteiger partial charge in [0.1, 0.15) is 43.2 Å². The van der Waals surface area contributed by atoms with Gasteiger partial charge in [0, 0.05) is 12.8 Å². The molecule has 1 fully saturated rings. The van der Waals surface area contributed by atoms with Crippen LogP contribution in [0.15, 0.2) is 12.2 Å². The van der Waals surface area contributed by atoms with Crippen LogP contribution in [0.2, 0.25) is 0 Å². The van der Waals surface area contributed by atoms with E-state index < -0.39 is 75.7 Å². The molecule has 8 atom stereocenters. The third-order valence-corrected chi connectivity index (χ3v) is 10.8. The van der Waals surface area contributed by atoms with Crippen molar-refractivity contribution in [2.45, 2.75) is 217 Å². The molecule has 6 N–H and O–H groups in total. The number of unbranched alkanes of at least 4 members (excludes halogenated alkanes) is 20. The second-order valence-electron chi connectivity index (χ2n) is 14.8. The van der Waals surface area contributed by atoms with Crippen LogP contribution in [0, 0.1) is 0 Å². The number of allylic oxidation sites excluding steroid dienone is 2. The van der Waals surface area contributed by atoms with E-state index in [0.29, 0.717) is 12.8 Å². The molecule has 0 spiro atoms. The summed E-state index contributed by atoms with van der Waals surface area (Å²) in [6, 6.07) is 0. The number of esters is 2. The first kappa shape index (κ1) is 50.6. The Labute approximate surface area is 324 Å². The van der Waals surface area contributed by atoms with E-state index in [0.717, 1.165) is 64.2 Å². The molecule has 0 amide bonds. The molecule has 0 heterocycles. The summed E-state index contributed by atoms with van der Waals surface area (Å²) in [6.45, 7) is 3.25. The summed E-state index contributed by atoms with van der Waals surface area (Å²) < 4.78 is 33.4. The SMILES string of the molecule is CCCCCCCC/C=C\CCCCCCCC(=O)OC[C@H](COP(=O)(O)OC1C(O)C(O)C(O)[C@@H](O)C1O)OC(=O)CCCCCCCCCCCC. The van der Waals surface area contributed by atoms with Crippen molar-refractivity contribution >= 4 is 19.8 Å². The maximum Gasteiger partial charge on any atom is 0.472 e.